The lowest BCUT2D eigenvalue weighted by Crippen LogP contribution is -2.54. The van der Waals surface area contributed by atoms with Crippen molar-refractivity contribution in [3.8, 4) is 6.07 Å². The number of methoxy groups -OCH3 is 1. The van der Waals surface area contributed by atoms with E-state index in [0.717, 1.165) is 40.7 Å². The van der Waals surface area contributed by atoms with E-state index in [0.29, 0.717) is 12.0 Å². The predicted molar refractivity (Wildman–Crippen MR) is 100 cm³/mol. The van der Waals surface area contributed by atoms with Crippen molar-refractivity contribution in [1.82, 2.24) is 9.47 Å². The van der Waals surface area contributed by atoms with Crippen LogP contribution >= 0.6 is 0 Å². The minimum atomic E-state index is -0.825. The van der Waals surface area contributed by atoms with Crippen LogP contribution in [-0.4, -0.2) is 36.1 Å². The molecule has 2 aliphatic rings. The Labute approximate surface area is 153 Å². The number of hydrogen-bond acceptors (Lipinski definition) is 4. The van der Waals surface area contributed by atoms with E-state index in [9.17, 15) is 10.1 Å². The summed E-state index contributed by atoms with van der Waals surface area (Å²) < 4.78 is 7.47. The number of aryl methyl sites for hydroxylation is 1. The maximum absolute atomic E-state index is 13.1. The lowest BCUT2D eigenvalue weighted by atomic mass is 9.67. The molecule has 0 radical (unpaired) electrons. The summed E-state index contributed by atoms with van der Waals surface area (Å²) >= 11 is 0. The van der Waals surface area contributed by atoms with Gasteiger partial charge < -0.3 is 9.30 Å². The number of allylic oxidation sites excluding steroid dienone is 1. The molecule has 5 heteroatoms. The number of nitrogens with zero attached hydrogens (tertiary/aromatic N) is 3. The lowest BCUT2D eigenvalue weighted by Gasteiger charge is -2.51. The number of rotatable bonds is 1. The Balaban J connectivity index is 2.18. The minimum absolute atomic E-state index is 0.186. The van der Waals surface area contributed by atoms with Crippen LogP contribution in [0.4, 0.5) is 0 Å². The monoisotopic (exact) mass is 349 g/mol. The van der Waals surface area contributed by atoms with Gasteiger partial charge in [0.25, 0.3) is 0 Å². The van der Waals surface area contributed by atoms with Crippen molar-refractivity contribution in [2.75, 3.05) is 20.7 Å². The number of hydrogen-bond donors (Lipinski definition) is 0. The molecule has 0 amide bonds. The number of nitriles is 1. The van der Waals surface area contributed by atoms with Crippen LogP contribution in [0, 0.1) is 23.7 Å². The fraction of sp³-hybridized carbons (Fsp3) is 0.429. The normalized spacial score (nSPS) is 25.6. The molecule has 3 heterocycles. The fourth-order valence-electron chi connectivity index (χ4n) is 5.11. The van der Waals surface area contributed by atoms with Crippen molar-refractivity contribution in [2.45, 2.75) is 32.9 Å². The average molecular weight is 349 g/mol. The highest BCUT2D eigenvalue weighted by Gasteiger charge is 2.56. The summed E-state index contributed by atoms with van der Waals surface area (Å²) in [4.78, 5) is 15.3. The van der Waals surface area contributed by atoms with Crippen molar-refractivity contribution < 1.29 is 9.53 Å². The van der Waals surface area contributed by atoms with E-state index in [2.05, 4.69) is 41.6 Å². The number of ether oxygens (including phenoxy) is 1. The standard InChI is InChI=1S/C21H23N3O2/c1-13-15-8-5-6-9-17(15)24-18(13)16(12-22)14(2)21(20(25)26-4)10-7-11-23(3)19(21)24/h5-6,8-9,19H,7,10-11H2,1-4H3/t19-,21-/m1/s1. The van der Waals surface area contributed by atoms with Gasteiger partial charge in [-0.2, -0.15) is 5.26 Å². The van der Waals surface area contributed by atoms with Gasteiger partial charge in [0.1, 0.15) is 17.6 Å². The maximum Gasteiger partial charge on any atom is 0.319 e. The molecule has 0 saturated carbocycles. The largest absolute Gasteiger partial charge is 0.468 e. The van der Waals surface area contributed by atoms with Gasteiger partial charge >= 0.3 is 5.97 Å². The van der Waals surface area contributed by atoms with E-state index in [4.69, 9.17) is 4.74 Å². The van der Waals surface area contributed by atoms with Crippen molar-refractivity contribution in [1.29, 1.82) is 5.26 Å². The summed E-state index contributed by atoms with van der Waals surface area (Å²) in [7, 11) is 3.50. The molecule has 2 atom stereocenters. The van der Waals surface area contributed by atoms with E-state index in [-0.39, 0.29) is 12.1 Å². The summed E-state index contributed by atoms with van der Waals surface area (Å²) in [5, 5.41) is 11.1. The first kappa shape index (κ1) is 16.9. The van der Waals surface area contributed by atoms with Crippen molar-refractivity contribution in [3.05, 3.63) is 41.1 Å². The van der Waals surface area contributed by atoms with Crippen LogP contribution < -0.4 is 0 Å². The third kappa shape index (κ3) is 1.85. The second kappa shape index (κ2) is 5.72. The number of para-hydroxylation sites is 1. The topological polar surface area (TPSA) is 58.3 Å². The van der Waals surface area contributed by atoms with E-state index in [1.165, 1.54) is 7.11 Å². The van der Waals surface area contributed by atoms with Crippen LogP contribution in [0.15, 0.2) is 29.8 Å². The Morgan fingerprint density at radius 3 is 2.77 bits per heavy atom. The molecule has 1 fully saturated rings. The van der Waals surface area contributed by atoms with Gasteiger partial charge in [0, 0.05) is 5.39 Å². The van der Waals surface area contributed by atoms with Crippen LogP contribution in [0.25, 0.3) is 16.5 Å². The summed E-state index contributed by atoms with van der Waals surface area (Å²) in [5.41, 5.74) is 3.71. The zero-order valence-electron chi connectivity index (χ0n) is 15.7. The number of carbonyl (C=O) groups excluding carboxylic acids is 1. The molecule has 26 heavy (non-hydrogen) atoms. The molecule has 1 aromatic heterocycles. The van der Waals surface area contributed by atoms with E-state index in [1.54, 1.807) is 0 Å². The van der Waals surface area contributed by atoms with Crippen molar-refractivity contribution in [2.24, 2.45) is 5.41 Å². The van der Waals surface area contributed by atoms with Gasteiger partial charge in [-0.25, -0.2) is 0 Å². The highest BCUT2D eigenvalue weighted by atomic mass is 16.5. The molecule has 0 bridgehead atoms. The Kier molecular flexibility index (Phi) is 3.71. The third-order valence-electron chi connectivity index (χ3n) is 6.29. The highest BCUT2D eigenvalue weighted by molar-refractivity contribution is 5.97. The van der Waals surface area contributed by atoms with Gasteiger partial charge in [-0.3, -0.25) is 9.69 Å². The highest BCUT2D eigenvalue weighted by Crippen LogP contribution is 2.56. The first-order valence-corrected chi connectivity index (χ1v) is 8.99. The van der Waals surface area contributed by atoms with Crippen LogP contribution in [-0.2, 0) is 9.53 Å². The van der Waals surface area contributed by atoms with Crippen LogP contribution in [0.1, 0.15) is 37.2 Å². The molecule has 2 aliphatic heterocycles. The molecule has 4 rings (SSSR count). The molecule has 5 nitrogen and oxygen atoms in total. The SMILES string of the molecule is COC(=O)[C@@]12CCCN(C)[C@@H]1n1c(c(C)c3ccccc31)C(C#N)=C2C. The molecule has 0 N–H and O–H groups in total. The molecule has 0 unspecified atom stereocenters. The Morgan fingerprint density at radius 2 is 2.08 bits per heavy atom. The van der Waals surface area contributed by atoms with Crippen LogP contribution in [0.3, 0.4) is 0 Å². The average Bonchev–Trinajstić information content (AvgIpc) is 2.94. The van der Waals surface area contributed by atoms with Gasteiger partial charge in [0.15, 0.2) is 0 Å². The summed E-state index contributed by atoms with van der Waals surface area (Å²) in [6.45, 7) is 4.90. The number of aromatic nitrogens is 1. The minimum Gasteiger partial charge on any atom is -0.468 e. The zero-order valence-corrected chi connectivity index (χ0v) is 15.7. The van der Waals surface area contributed by atoms with E-state index >= 15 is 0 Å². The first-order valence-electron chi connectivity index (χ1n) is 8.99. The zero-order chi connectivity index (χ0) is 18.6. The number of esters is 1. The number of carbonyl (C=O) groups is 1. The molecule has 1 aromatic carbocycles. The molecular weight excluding hydrogens is 326 g/mol. The molecule has 1 saturated heterocycles. The van der Waals surface area contributed by atoms with Crippen molar-refractivity contribution >= 4 is 22.4 Å². The smallest absolute Gasteiger partial charge is 0.319 e. The molecule has 134 valence electrons. The predicted octanol–water partition coefficient (Wildman–Crippen LogP) is 3.64. The van der Waals surface area contributed by atoms with Gasteiger partial charge in [-0.1, -0.05) is 18.2 Å². The number of piperidine rings is 1. The Bertz CT molecular complexity index is 995. The lowest BCUT2D eigenvalue weighted by molar-refractivity contribution is -0.160. The second-order valence-electron chi connectivity index (χ2n) is 7.39. The number of benzene rings is 1. The van der Waals surface area contributed by atoms with Gasteiger partial charge in [-0.05, 0) is 57.5 Å². The van der Waals surface area contributed by atoms with E-state index in [1.807, 2.05) is 19.1 Å². The first-order chi connectivity index (χ1) is 12.5. The second-order valence-corrected chi connectivity index (χ2v) is 7.39. The van der Waals surface area contributed by atoms with Gasteiger partial charge in [0.05, 0.1) is 23.9 Å². The van der Waals surface area contributed by atoms with Crippen LogP contribution in [0.2, 0.25) is 0 Å². The van der Waals surface area contributed by atoms with E-state index < -0.39 is 5.41 Å². The fourth-order valence-corrected chi connectivity index (χ4v) is 5.11. The Hall–Kier alpha value is -2.58. The molecule has 2 aromatic rings. The summed E-state index contributed by atoms with van der Waals surface area (Å²) in [6, 6.07) is 10.6. The number of likely N-dealkylation sites (tertiary alicyclic amines) is 1. The maximum atomic E-state index is 13.1. The molecular formula is C21H23N3O2. The van der Waals surface area contributed by atoms with Gasteiger partial charge in [-0.15, -0.1) is 0 Å². The van der Waals surface area contributed by atoms with Gasteiger partial charge in [0.2, 0.25) is 0 Å². The molecule has 0 spiro atoms. The Morgan fingerprint density at radius 1 is 1.35 bits per heavy atom. The third-order valence-corrected chi connectivity index (χ3v) is 6.29. The van der Waals surface area contributed by atoms with Crippen molar-refractivity contribution in [3.63, 3.8) is 0 Å². The summed E-state index contributed by atoms with van der Waals surface area (Å²) in [6.07, 6.45) is 1.40. The molecule has 0 aliphatic carbocycles. The summed E-state index contributed by atoms with van der Waals surface area (Å²) in [5.74, 6) is -0.250. The van der Waals surface area contributed by atoms with Crippen LogP contribution in [0.5, 0.6) is 0 Å². The number of fused-ring (bicyclic) bond motifs is 5. The quantitative estimate of drug-likeness (QED) is 0.738.